The molecule has 0 saturated carbocycles. The highest BCUT2D eigenvalue weighted by Gasteiger charge is 2.26. The van der Waals surface area contributed by atoms with E-state index in [9.17, 15) is 0 Å². The Labute approximate surface area is 115 Å². The number of hydrogen-bond acceptors (Lipinski definition) is 2. The number of rotatable bonds is 7. The lowest BCUT2D eigenvalue weighted by Gasteiger charge is -2.34. The van der Waals surface area contributed by atoms with Gasteiger partial charge < -0.3 is 10.2 Å². The first kappa shape index (κ1) is 16.0. The maximum absolute atomic E-state index is 3.37. The summed E-state index contributed by atoms with van der Waals surface area (Å²) < 4.78 is 0. The van der Waals surface area contributed by atoms with Crippen LogP contribution < -0.4 is 5.32 Å². The third-order valence-corrected chi connectivity index (χ3v) is 4.70. The van der Waals surface area contributed by atoms with E-state index in [1.54, 1.807) is 0 Å². The van der Waals surface area contributed by atoms with E-state index in [-0.39, 0.29) is 0 Å². The minimum Gasteiger partial charge on any atom is -0.319 e. The minimum absolute atomic E-state index is 0.444. The fourth-order valence-electron chi connectivity index (χ4n) is 3.34. The molecule has 1 saturated heterocycles. The molecule has 2 nitrogen and oxygen atoms in total. The van der Waals surface area contributed by atoms with E-state index in [4.69, 9.17) is 0 Å². The van der Waals surface area contributed by atoms with Gasteiger partial charge in [-0.2, -0.15) is 0 Å². The van der Waals surface area contributed by atoms with Crippen molar-refractivity contribution in [1.82, 2.24) is 10.2 Å². The summed E-state index contributed by atoms with van der Waals surface area (Å²) in [5.74, 6) is 0.997. The Morgan fingerprint density at radius 1 is 1.22 bits per heavy atom. The number of likely N-dealkylation sites (tertiary alicyclic amines) is 1. The predicted molar refractivity (Wildman–Crippen MR) is 81.0 cm³/mol. The molecule has 18 heavy (non-hydrogen) atoms. The summed E-state index contributed by atoms with van der Waals surface area (Å²) in [6.07, 6.45) is 8.35. The Kier molecular flexibility index (Phi) is 7.25. The standard InChI is InChI=1S/C16H34N2/c1-5-8-15-9-7-11-18(12-10-15)14-16(3,6-2)13-17-4/h15,17H,5-14H2,1-4H3. The zero-order valence-corrected chi connectivity index (χ0v) is 13.1. The minimum atomic E-state index is 0.444. The topological polar surface area (TPSA) is 15.3 Å². The molecule has 0 aliphatic carbocycles. The van der Waals surface area contributed by atoms with Crippen LogP contribution in [0.4, 0.5) is 0 Å². The zero-order chi connectivity index (χ0) is 13.4. The summed E-state index contributed by atoms with van der Waals surface area (Å²) in [5, 5.41) is 3.37. The summed E-state index contributed by atoms with van der Waals surface area (Å²) in [5.41, 5.74) is 0.444. The SMILES string of the molecule is CCCC1CCCN(CC(C)(CC)CNC)CC1. The second-order valence-electron chi connectivity index (χ2n) is 6.56. The monoisotopic (exact) mass is 254 g/mol. The van der Waals surface area contributed by atoms with Crippen molar-refractivity contribution in [3.8, 4) is 0 Å². The van der Waals surface area contributed by atoms with Crippen molar-refractivity contribution in [2.75, 3.05) is 33.2 Å². The van der Waals surface area contributed by atoms with Crippen LogP contribution in [0, 0.1) is 11.3 Å². The first-order valence-corrected chi connectivity index (χ1v) is 8.00. The number of nitrogens with zero attached hydrogens (tertiary/aromatic N) is 1. The van der Waals surface area contributed by atoms with E-state index >= 15 is 0 Å². The average molecular weight is 254 g/mol. The second-order valence-corrected chi connectivity index (χ2v) is 6.56. The van der Waals surface area contributed by atoms with Crippen LogP contribution in [-0.2, 0) is 0 Å². The Hall–Kier alpha value is -0.0800. The van der Waals surface area contributed by atoms with Gasteiger partial charge in [-0.15, -0.1) is 0 Å². The summed E-state index contributed by atoms with van der Waals surface area (Å²) in [4.78, 5) is 2.72. The van der Waals surface area contributed by atoms with Crippen molar-refractivity contribution in [2.24, 2.45) is 11.3 Å². The van der Waals surface area contributed by atoms with E-state index in [0.717, 1.165) is 12.5 Å². The molecule has 2 atom stereocenters. The summed E-state index contributed by atoms with van der Waals surface area (Å²) in [6.45, 7) is 12.1. The van der Waals surface area contributed by atoms with Gasteiger partial charge in [0.1, 0.15) is 0 Å². The molecule has 0 amide bonds. The third-order valence-electron chi connectivity index (χ3n) is 4.70. The van der Waals surface area contributed by atoms with E-state index < -0.39 is 0 Å². The zero-order valence-electron chi connectivity index (χ0n) is 13.1. The van der Waals surface area contributed by atoms with Crippen LogP contribution in [0.15, 0.2) is 0 Å². The van der Waals surface area contributed by atoms with Gasteiger partial charge in [-0.3, -0.25) is 0 Å². The Morgan fingerprint density at radius 2 is 2.00 bits per heavy atom. The molecule has 2 unspecified atom stereocenters. The molecule has 0 spiro atoms. The molecule has 0 aromatic rings. The molecule has 0 radical (unpaired) electrons. The molecule has 1 aliphatic rings. The van der Waals surface area contributed by atoms with E-state index in [2.05, 4.69) is 38.0 Å². The highest BCUT2D eigenvalue weighted by atomic mass is 15.1. The molecule has 0 aromatic carbocycles. The number of nitrogens with one attached hydrogen (secondary N) is 1. The first-order valence-electron chi connectivity index (χ1n) is 8.00. The van der Waals surface area contributed by atoms with Crippen LogP contribution in [0.2, 0.25) is 0 Å². The van der Waals surface area contributed by atoms with Crippen molar-refractivity contribution in [3.63, 3.8) is 0 Å². The highest BCUT2D eigenvalue weighted by Crippen LogP contribution is 2.26. The summed E-state index contributed by atoms with van der Waals surface area (Å²) >= 11 is 0. The lowest BCUT2D eigenvalue weighted by Crippen LogP contribution is -2.41. The van der Waals surface area contributed by atoms with Gasteiger partial charge in [0, 0.05) is 13.1 Å². The van der Waals surface area contributed by atoms with E-state index in [1.165, 1.54) is 58.2 Å². The van der Waals surface area contributed by atoms with Gasteiger partial charge >= 0.3 is 0 Å². The van der Waals surface area contributed by atoms with Gasteiger partial charge in [0.15, 0.2) is 0 Å². The van der Waals surface area contributed by atoms with Gasteiger partial charge in [-0.05, 0) is 57.2 Å². The van der Waals surface area contributed by atoms with E-state index in [0.29, 0.717) is 5.41 Å². The van der Waals surface area contributed by atoms with Crippen molar-refractivity contribution in [3.05, 3.63) is 0 Å². The van der Waals surface area contributed by atoms with Crippen LogP contribution in [0.3, 0.4) is 0 Å². The lowest BCUT2D eigenvalue weighted by molar-refractivity contribution is 0.159. The molecule has 108 valence electrons. The van der Waals surface area contributed by atoms with Crippen molar-refractivity contribution >= 4 is 0 Å². The Morgan fingerprint density at radius 3 is 2.61 bits per heavy atom. The van der Waals surface area contributed by atoms with Gasteiger partial charge in [0.05, 0.1) is 0 Å². The molecule has 1 N–H and O–H groups in total. The third kappa shape index (κ3) is 5.27. The molecule has 0 aromatic heterocycles. The molecule has 1 heterocycles. The van der Waals surface area contributed by atoms with E-state index in [1.807, 2.05) is 0 Å². The fourth-order valence-corrected chi connectivity index (χ4v) is 3.34. The summed E-state index contributed by atoms with van der Waals surface area (Å²) in [6, 6.07) is 0. The normalized spacial score (nSPS) is 25.7. The quantitative estimate of drug-likeness (QED) is 0.748. The molecule has 1 aliphatic heterocycles. The van der Waals surface area contributed by atoms with Crippen LogP contribution in [0.25, 0.3) is 0 Å². The van der Waals surface area contributed by atoms with Gasteiger partial charge in [0.25, 0.3) is 0 Å². The molecule has 2 heteroatoms. The second kappa shape index (κ2) is 8.16. The average Bonchev–Trinajstić information content (AvgIpc) is 2.56. The van der Waals surface area contributed by atoms with Crippen LogP contribution in [-0.4, -0.2) is 38.1 Å². The largest absolute Gasteiger partial charge is 0.319 e. The Balaban J connectivity index is 2.42. The number of hydrogen-bond donors (Lipinski definition) is 1. The summed E-state index contributed by atoms with van der Waals surface area (Å²) in [7, 11) is 2.08. The van der Waals surface area contributed by atoms with Gasteiger partial charge in [-0.25, -0.2) is 0 Å². The van der Waals surface area contributed by atoms with Crippen LogP contribution in [0.5, 0.6) is 0 Å². The van der Waals surface area contributed by atoms with Crippen molar-refractivity contribution < 1.29 is 0 Å². The molecular weight excluding hydrogens is 220 g/mol. The van der Waals surface area contributed by atoms with Crippen LogP contribution >= 0.6 is 0 Å². The molecule has 0 bridgehead atoms. The first-order chi connectivity index (χ1) is 8.63. The molecule has 1 rings (SSSR count). The smallest absolute Gasteiger partial charge is 0.00474 e. The van der Waals surface area contributed by atoms with Gasteiger partial charge in [0.2, 0.25) is 0 Å². The van der Waals surface area contributed by atoms with Crippen molar-refractivity contribution in [1.29, 1.82) is 0 Å². The Bertz CT molecular complexity index is 217. The molecular formula is C16H34N2. The lowest BCUT2D eigenvalue weighted by atomic mass is 9.86. The molecule has 1 fully saturated rings. The highest BCUT2D eigenvalue weighted by molar-refractivity contribution is 4.81. The fraction of sp³-hybridized carbons (Fsp3) is 1.00. The predicted octanol–water partition coefficient (Wildman–Crippen LogP) is 3.52. The van der Waals surface area contributed by atoms with Gasteiger partial charge in [-0.1, -0.05) is 33.6 Å². The van der Waals surface area contributed by atoms with Crippen molar-refractivity contribution in [2.45, 2.75) is 59.3 Å². The maximum Gasteiger partial charge on any atom is 0.00474 e. The van der Waals surface area contributed by atoms with Crippen LogP contribution in [0.1, 0.15) is 59.3 Å². The maximum atomic E-state index is 3.37.